The molecule has 0 aromatic heterocycles. The van der Waals surface area contributed by atoms with Crippen molar-refractivity contribution in [3.05, 3.63) is 0 Å². The summed E-state index contributed by atoms with van der Waals surface area (Å²) < 4.78 is 0. The van der Waals surface area contributed by atoms with E-state index in [1.807, 2.05) is 11.6 Å². The van der Waals surface area contributed by atoms with Crippen molar-refractivity contribution in [2.24, 2.45) is 0 Å². The summed E-state index contributed by atoms with van der Waals surface area (Å²) in [5.41, 5.74) is 0. The van der Waals surface area contributed by atoms with Gasteiger partial charge >= 0.3 is 0 Å². The Morgan fingerprint density at radius 2 is 2.00 bits per heavy atom. The van der Waals surface area contributed by atoms with Crippen LogP contribution in [0.25, 0.3) is 0 Å². The fourth-order valence-electron chi connectivity index (χ4n) is 0.272. The lowest BCUT2D eigenvalue weighted by Gasteiger charge is -1.96. The van der Waals surface area contributed by atoms with Crippen molar-refractivity contribution in [3.8, 4) is 0 Å². The third-order valence-corrected chi connectivity index (χ3v) is 1.22. The second kappa shape index (κ2) is 3.60. The van der Waals surface area contributed by atoms with Gasteiger partial charge in [-0.2, -0.15) is 0 Å². The van der Waals surface area contributed by atoms with Crippen molar-refractivity contribution in [2.45, 2.75) is 25.9 Å². The summed E-state index contributed by atoms with van der Waals surface area (Å²) in [6.07, 6.45) is 0. The van der Waals surface area contributed by atoms with Crippen molar-refractivity contribution in [3.63, 3.8) is 0 Å². The molecule has 0 aromatic carbocycles. The Morgan fingerprint density at radius 3 is 2.00 bits per heavy atom. The zero-order chi connectivity index (χ0) is 4.99. The molecule has 0 fully saturated rings. The van der Waals surface area contributed by atoms with Crippen LogP contribution in [0, 0.1) is 0 Å². The van der Waals surface area contributed by atoms with Crippen LogP contribution in [0.3, 0.4) is 0 Å². The van der Waals surface area contributed by atoms with Gasteiger partial charge in [0, 0.05) is 0 Å². The zero-order valence-corrected chi connectivity index (χ0v) is 5.38. The van der Waals surface area contributed by atoms with E-state index in [9.17, 15) is 0 Å². The molecule has 0 unspecified atom stereocenters. The van der Waals surface area contributed by atoms with E-state index in [1.165, 1.54) is 0 Å². The highest BCUT2D eigenvalue weighted by molar-refractivity contribution is 8.22. The van der Waals surface area contributed by atoms with Crippen LogP contribution in [0.15, 0.2) is 0 Å². The van der Waals surface area contributed by atoms with Gasteiger partial charge in [-0.3, -0.25) is 0 Å². The molecule has 0 spiro atoms. The monoisotopic (exact) mass is 101 g/mol. The fraction of sp³-hybridized carbons (Fsp3) is 1.00. The molecule has 0 N–H and O–H groups in total. The molecular formula is C4H10BS. The quantitative estimate of drug-likeness (QED) is 0.478. The molecular weight excluding hydrogens is 90.9 g/mol. The van der Waals surface area contributed by atoms with E-state index in [0.717, 1.165) is 5.25 Å². The van der Waals surface area contributed by atoms with Crippen LogP contribution >= 0.6 is 11.6 Å². The molecule has 0 heterocycles. The lowest BCUT2D eigenvalue weighted by Crippen LogP contribution is -1.86. The lowest BCUT2D eigenvalue weighted by molar-refractivity contribution is 1.12. The van der Waals surface area contributed by atoms with Crippen LogP contribution in [-0.4, -0.2) is 11.8 Å². The minimum Gasteiger partial charge on any atom is -0.216 e. The van der Waals surface area contributed by atoms with Crippen LogP contribution in [-0.2, 0) is 0 Å². The van der Waals surface area contributed by atoms with Crippen molar-refractivity contribution in [2.75, 3.05) is 0 Å². The van der Waals surface area contributed by atoms with Crippen molar-refractivity contribution in [1.82, 2.24) is 0 Å². The molecule has 0 amide bonds. The number of rotatable bonds is 2. The van der Waals surface area contributed by atoms with Gasteiger partial charge < -0.3 is 0 Å². The molecule has 2 heteroatoms. The van der Waals surface area contributed by atoms with Gasteiger partial charge in [0.15, 0.2) is 6.56 Å². The fourth-order valence-corrected chi connectivity index (χ4v) is 0.816. The highest BCUT2D eigenvalue weighted by atomic mass is 32.2. The van der Waals surface area contributed by atoms with Crippen molar-refractivity contribution < 1.29 is 0 Å². The van der Waals surface area contributed by atoms with Crippen molar-refractivity contribution in [1.29, 1.82) is 0 Å². The first kappa shape index (κ1) is 6.41. The summed E-state index contributed by atoms with van der Waals surface area (Å²) >= 11 is 1.86. The second-order valence-electron chi connectivity index (χ2n) is 1.42. The van der Waals surface area contributed by atoms with E-state index < -0.39 is 0 Å². The summed E-state index contributed by atoms with van der Waals surface area (Å²) in [7, 11) is 0. The lowest BCUT2D eigenvalue weighted by atomic mass is 10.2. The maximum absolute atomic E-state index is 2.19. The molecule has 0 aliphatic rings. The maximum Gasteiger partial charge on any atom is 0.188 e. The molecule has 0 atom stereocenters. The Hall–Kier alpha value is 0.415. The standard InChI is InChI=1S/C4H10BS/c1-4(2)6-5-3/h4H,1-3H3. The van der Waals surface area contributed by atoms with E-state index in [-0.39, 0.29) is 0 Å². The van der Waals surface area contributed by atoms with Gasteiger partial charge in [-0.1, -0.05) is 20.7 Å². The van der Waals surface area contributed by atoms with E-state index in [1.54, 1.807) is 0 Å². The molecule has 0 bridgehead atoms. The molecule has 35 valence electrons. The predicted octanol–water partition coefficient (Wildman–Crippen LogP) is 1.80. The molecule has 0 saturated heterocycles. The zero-order valence-electron chi connectivity index (χ0n) is 4.56. The Balaban J connectivity index is 2.63. The molecule has 0 rings (SSSR count). The summed E-state index contributed by atoms with van der Waals surface area (Å²) in [4.78, 5) is 0. The largest absolute Gasteiger partial charge is 0.216 e. The third kappa shape index (κ3) is 4.41. The van der Waals surface area contributed by atoms with Gasteiger partial charge in [-0.05, 0) is 5.25 Å². The molecule has 0 aliphatic carbocycles. The Labute approximate surface area is 44.8 Å². The first-order valence-electron chi connectivity index (χ1n) is 2.20. The summed E-state index contributed by atoms with van der Waals surface area (Å²) in [6.45, 7) is 8.55. The topological polar surface area (TPSA) is 0 Å². The van der Waals surface area contributed by atoms with E-state index in [4.69, 9.17) is 0 Å². The highest BCUT2D eigenvalue weighted by Crippen LogP contribution is 2.04. The van der Waals surface area contributed by atoms with Crippen molar-refractivity contribution >= 4 is 18.2 Å². The summed E-state index contributed by atoms with van der Waals surface area (Å²) in [6, 6.07) is 0. The second-order valence-corrected chi connectivity index (χ2v) is 3.11. The smallest absolute Gasteiger partial charge is 0.188 e. The van der Waals surface area contributed by atoms with Crippen LogP contribution in [0.4, 0.5) is 0 Å². The van der Waals surface area contributed by atoms with Crippen LogP contribution in [0.2, 0.25) is 6.82 Å². The van der Waals surface area contributed by atoms with Crippen LogP contribution in [0.1, 0.15) is 13.8 Å². The van der Waals surface area contributed by atoms with Gasteiger partial charge in [-0.25, -0.2) is 11.6 Å². The van der Waals surface area contributed by atoms with E-state index in [2.05, 4.69) is 27.2 Å². The Morgan fingerprint density at radius 1 is 1.50 bits per heavy atom. The van der Waals surface area contributed by atoms with Gasteiger partial charge in [0.05, 0.1) is 0 Å². The number of hydrogen-bond acceptors (Lipinski definition) is 1. The van der Waals surface area contributed by atoms with E-state index >= 15 is 0 Å². The number of hydrogen-bond donors (Lipinski definition) is 0. The minimum absolute atomic E-state index is 0.759. The summed E-state index contributed by atoms with van der Waals surface area (Å²) in [5, 5.41) is 0.759. The van der Waals surface area contributed by atoms with Gasteiger partial charge in [0.25, 0.3) is 0 Å². The molecule has 0 saturated carbocycles. The molecule has 6 heavy (non-hydrogen) atoms. The molecule has 0 nitrogen and oxygen atoms in total. The normalized spacial score (nSPS) is 9.33. The Kier molecular flexibility index (Phi) is 3.85. The SMILES string of the molecule is C[B]SC(C)C. The minimum atomic E-state index is 0.759. The Bertz CT molecular complexity index is 28.7. The van der Waals surface area contributed by atoms with Gasteiger partial charge in [0.2, 0.25) is 0 Å². The maximum atomic E-state index is 2.19. The molecule has 1 radical (unpaired) electrons. The van der Waals surface area contributed by atoms with E-state index in [0.29, 0.717) is 0 Å². The molecule has 0 aromatic rings. The van der Waals surface area contributed by atoms with Gasteiger partial charge in [-0.15, -0.1) is 0 Å². The van der Waals surface area contributed by atoms with Crippen LogP contribution < -0.4 is 0 Å². The molecule has 0 aliphatic heterocycles. The third-order valence-electron chi connectivity index (χ3n) is 0.408. The van der Waals surface area contributed by atoms with Crippen LogP contribution in [0.5, 0.6) is 0 Å². The first-order chi connectivity index (χ1) is 2.77. The van der Waals surface area contributed by atoms with Gasteiger partial charge in [0.1, 0.15) is 0 Å². The summed E-state index contributed by atoms with van der Waals surface area (Å²) in [5.74, 6) is 0. The highest BCUT2D eigenvalue weighted by Gasteiger charge is 1.86. The average Bonchev–Trinajstić information content (AvgIpc) is 1.35. The first-order valence-corrected chi connectivity index (χ1v) is 3.15. The average molecular weight is 101 g/mol. The predicted molar refractivity (Wildman–Crippen MR) is 34.3 cm³/mol.